The number of carboxylic acid groups (broad SMARTS) is 1. The lowest BCUT2D eigenvalue weighted by Gasteiger charge is -2.19. The van der Waals surface area contributed by atoms with E-state index < -0.39 is 5.97 Å². The summed E-state index contributed by atoms with van der Waals surface area (Å²) in [5.74, 6) is -1.15. The van der Waals surface area contributed by atoms with E-state index in [-0.39, 0.29) is 24.3 Å². The molecule has 0 heterocycles. The summed E-state index contributed by atoms with van der Waals surface area (Å²) in [5.41, 5.74) is 0.891. The largest absolute Gasteiger partial charge is 0.481 e. The van der Waals surface area contributed by atoms with E-state index in [4.69, 9.17) is 5.11 Å². The van der Waals surface area contributed by atoms with Gasteiger partial charge in [-0.3, -0.25) is 9.59 Å². The fraction of sp³-hybridized carbons (Fsp3) is 0.333. The minimum Gasteiger partial charge on any atom is -0.481 e. The zero-order chi connectivity index (χ0) is 15.1. The Hall–Kier alpha value is -1.62. The van der Waals surface area contributed by atoms with Crippen LogP contribution in [0.25, 0.3) is 6.08 Å². The van der Waals surface area contributed by atoms with Gasteiger partial charge in [-0.25, -0.2) is 0 Å². The van der Waals surface area contributed by atoms with Crippen molar-refractivity contribution in [3.05, 3.63) is 40.4 Å². The van der Waals surface area contributed by atoms with Crippen molar-refractivity contribution in [2.75, 3.05) is 0 Å². The van der Waals surface area contributed by atoms with Crippen LogP contribution in [0.15, 0.2) is 34.8 Å². The minimum absolute atomic E-state index is 0.0620. The molecular formula is C15H18BrNO3. The van der Waals surface area contributed by atoms with Crippen LogP contribution < -0.4 is 5.32 Å². The number of aliphatic carboxylic acids is 1. The standard InChI is InChI=1S/C15H18BrNO3/c1-10(2)13(9-15(19)20)17-14(18)8-7-11-5-3-4-6-12(11)16/h3-8,10,13H,9H2,1-2H3,(H,17,18)(H,19,20)/b8-7+. The van der Waals surface area contributed by atoms with Crippen LogP contribution in [0, 0.1) is 5.92 Å². The molecule has 0 aliphatic heterocycles. The van der Waals surface area contributed by atoms with Crippen LogP contribution in [0.2, 0.25) is 0 Å². The van der Waals surface area contributed by atoms with Crippen molar-refractivity contribution in [3.63, 3.8) is 0 Å². The van der Waals surface area contributed by atoms with E-state index in [1.165, 1.54) is 6.08 Å². The maximum atomic E-state index is 11.8. The number of amides is 1. The van der Waals surface area contributed by atoms with Gasteiger partial charge >= 0.3 is 5.97 Å². The van der Waals surface area contributed by atoms with Crippen LogP contribution in [0.4, 0.5) is 0 Å². The van der Waals surface area contributed by atoms with E-state index in [9.17, 15) is 9.59 Å². The molecule has 108 valence electrons. The summed E-state index contributed by atoms with van der Waals surface area (Å²) in [4.78, 5) is 22.6. The third kappa shape index (κ3) is 5.57. The van der Waals surface area contributed by atoms with E-state index >= 15 is 0 Å². The first-order valence-electron chi connectivity index (χ1n) is 6.35. The zero-order valence-corrected chi connectivity index (χ0v) is 13.1. The lowest BCUT2D eigenvalue weighted by Crippen LogP contribution is -2.39. The Morgan fingerprint density at radius 2 is 2.00 bits per heavy atom. The summed E-state index contributed by atoms with van der Waals surface area (Å²) in [7, 11) is 0. The molecule has 0 saturated carbocycles. The fourth-order valence-corrected chi connectivity index (χ4v) is 2.07. The van der Waals surface area contributed by atoms with Gasteiger partial charge in [0.2, 0.25) is 5.91 Å². The van der Waals surface area contributed by atoms with Crippen molar-refractivity contribution in [2.24, 2.45) is 5.92 Å². The molecule has 1 atom stereocenters. The van der Waals surface area contributed by atoms with Crippen LogP contribution in [-0.2, 0) is 9.59 Å². The number of carboxylic acids is 1. The van der Waals surface area contributed by atoms with Crippen LogP contribution in [0.1, 0.15) is 25.8 Å². The van der Waals surface area contributed by atoms with E-state index in [2.05, 4.69) is 21.2 Å². The fourth-order valence-electron chi connectivity index (χ4n) is 1.65. The third-order valence-electron chi connectivity index (χ3n) is 2.85. The molecule has 0 radical (unpaired) electrons. The first kappa shape index (κ1) is 16.4. The van der Waals surface area contributed by atoms with Crippen LogP contribution >= 0.6 is 15.9 Å². The molecule has 1 aromatic carbocycles. The summed E-state index contributed by atoms with van der Waals surface area (Å²) < 4.78 is 0.898. The van der Waals surface area contributed by atoms with E-state index in [0.29, 0.717) is 0 Å². The van der Waals surface area contributed by atoms with Crippen molar-refractivity contribution >= 4 is 33.9 Å². The molecule has 0 fully saturated rings. The monoisotopic (exact) mass is 339 g/mol. The maximum absolute atomic E-state index is 11.8. The highest BCUT2D eigenvalue weighted by Gasteiger charge is 2.18. The Morgan fingerprint density at radius 1 is 1.35 bits per heavy atom. The number of carbonyl (C=O) groups is 2. The van der Waals surface area contributed by atoms with Gasteiger partial charge < -0.3 is 10.4 Å². The molecule has 4 nitrogen and oxygen atoms in total. The molecular weight excluding hydrogens is 322 g/mol. The van der Waals surface area contributed by atoms with E-state index in [1.807, 2.05) is 38.1 Å². The Morgan fingerprint density at radius 3 is 2.55 bits per heavy atom. The van der Waals surface area contributed by atoms with Crippen LogP contribution in [0.5, 0.6) is 0 Å². The van der Waals surface area contributed by atoms with Crippen molar-refractivity contribution in [2.45, 2.75) is 26.3 Å². The van der Waals surface area contributed by atoms with E-state index in [0.717, 1.165) is 10.0 Å². The second-order valence-corrected chi connectivity index (χ2v) is 5.67. The van der Waals surface area contributed by atoms with Gasteiger partial charge in [-0.2, -0.15) is 0 Å². The Kier molecular flexibility index (Phi) is 6.45. The second-order valence-electron chi connectivity index (χ2n) is 4.81. The average molecular weight is 340 g/mol. The predicted octanol–water partition coefficient (Wildman–Crippen LogP) is 3.08. The minimum atomic E-state index is -0.918. The summed E-state index contributed by atoms with van der Waals surface area (Å²) >= 11 is 3.39. The molecule has 1 unspecified atom stereocenters. The van der Waals surface area contributed by atoms with Gasteiger partial charge in [0.15, 0.2) is 0 Å². The molecule has 0 aliphatic rings. The molecule has 20 heavy (non-hydrogen) atoms. The maximum Gasteiger partial charge on any atom is 0.305 e. The molecule has 0 saturated heterocycles. The summed E-state index contributed by atoms with van der Waals surface area (Å²) in [6.07, 6.45) is 3.03. The topological polar surface area (TPSA) is 66.4 Å². The highest BCUT2D eigenvalue weighted by atomic mass is 79.9. The van der Waals surface area contributed by atoms with Gasteiger partial charge in [-0.05, 0) is 23.6 Å². The summed E-state index contributed by atoms with van der Waals surface area (Å²) in [5, 5.41) is 11.5. The molecule has 1 amide bonds. The first-order valence-corrected chi connectivity index (χ1v) is 7.14. The Bertz CT molecular complexity index is 512. The summed E-state index contributed by atoms with van der Waals surface area (Å²) in [6.45, 7) is 3.76. The molecule has 1 rings (SSSR count). The van der Waals surface area contributed by atoms with Gasteiger partial charge in [0.25, 0.3) is 0 Å². The third-order valence-corrected chi connectivity index (χ3v) is 3.57. The van der Waals surface area contributed by atoms with Crippen molar-refractivity contribution in [1.82, 2.24) is 5.32 Å². The molecule has 5 heteroatoms. The van der Waals surface area contributed by atoms with Gasteiger partial charge in [0, 0.05) is 16.6 Å². The van der Waals surface area contributed by atoms with Gasteiger partial charge in [-0.1, -0.05) is 48.0 Å². The Labute approximate surface area is 127 Å². The lowest BCUT2D eigenvalue weighted by atomic mass is 10.0. The number of benzene rings is 1. The number of hydrogen-bond acceptors (Lipinski definition) is 2. The smallest absolute Gasteiger partial charge is 0.305 e. The number of hydrogen-bond donors (Lipinski definition) is 2. The molecule has 2 N–H and O–H groups in total. The highest BCUT2D eigenvalue weighted by Crippen LogP contribution is 2.17. The van der Waals surface area contributed by atoms with Crippen molar-refractivity contribution in [1.29, 1.82) is 0 Å². The van der Waals surface area contributed by atoms with Gasteiger partial charge in [-0.15, -0.1) is 0 Å². The van der Waals surface area contributed by atoms with Gasteiger partial charge in [0.1, 0.15) is 0 Å². The zero-order valence-electron chi connectivity index (χ0n) is 11.5. The number of nitrogens with one attached hydrogen (secondary N) is 1. The lowest BCUT2D eigenvalue weighted by molar-refractivity contribution is -0.138. The van der Waals surface area contributed by atoms with Crippen molar-refractivity contribution in [3.8, 4) is 0 Å². The number of halogens is 1. The van der Waals surface area contributed by atoms with Crippen LogP contribution in [-0.4, -0.2) is 23.0 Å². The average Bonchev–Trinajstić information content (AvgIpc) is 2.36. The van der Waals surface area contributed by atoms with E-state index in [1.54, 1.807) is 6.08 Å². The van der Waals surface area contributed by atoms with Crippen LogP contribution in [0.3, 0.4) is 0 Å². The molecule has 0 spiro atoms. The molecule has 0 aromatic heterocycles. The SMILES string of the molecule is CC(C)C(CC(=O)O)NC(=O)/C=C/c1ccccc1Br. The predicted molar refractivity (Wildman–Crippen MR) is 82.2 cm³/mol. The molecule has 1 aromatic rings. The highest BCUT2D eigenvalue weighted by molar-refractivity contribution is 9.10. The number of carbonyl (C=O) groups excluding carboxylic acids is 1. The number of rotatable bonds is 6. The second kappa shape index (κ2) is 7.85. The van der Waals surface area contributed by atoms with Gasteiger partial charge in [0.05, 0.1) is 6.42 Å². The molecule has 0 bridgehead atoms. The summed E-state index contributed by atoms with van der Waals surface area (Å²) in [6, 6.07) is 7.17. The first-order chi connectivity index (χ1) is 9.40. The van der Waals surface area contributed by atoms with Crippen molar-refractivity contribution < 1.29 is 14.7 Å². The normalized spacial score (nSPS) is 12.6. The quantitative estimate of drug-likeness (QED) is 0.782. The Balaban J connectivity index is 2.66. The molecule has 0 aliphatic carbocycles.